The number of hydrogen-bond acceptors (Lipinski definition) is 4. The molecule has 5 nitrogen and oxygen atoms in total. The highest BCUT2D eigenvalue weighted by Crippen LogP contribution is 2.31. The number of hydrogen-bond donors (Lipinski definition) is 1. The van der Waals surface area contributed by atoms with Crippen molar-refractivity contribution in [1.82, 2.24) is 14.5 Å². The smallest absolute Gasteiger partial charge is 0.275 e. The first-order valence-electron chi connectivity index (χ1n) is 7.55. The van der Waals surface area contributed by atoms with Crippen molar-refractivity contribution in [2.45, 2.75) is 0 Å². The maximum absolute atomic E-state index is 12.4. The van der Waals surface area contributed by atoms with Gasteiger partial charge in [-0.1, -0.05) is 11.6 Å². The van der Waals surface area contributed by atoms with E-state index in [4.69, 9.17) is 11.6 Å². The van der Waals surface area contributed by atoms with Gasteiger partial charge in [-0.15, -0.1) is 11.3 Å². The molecule has 0 fully saturated rings. The van der Waals surface area contributed by atoms with Gasteiger partial charge >= 0.3 is 0 Å². The molecular formula is C18H13ClN4OS. The molecule has 25 heavy (non-hydrogen) atoms. The van der Waals surface area contributed by atoms with E-state index in [1.807, 2.05) is 29.9 Å². The molecule has 7 heteroatoms. The maximum atomic E-state index is 12.4. The van der Waals surface area contributed by atoms with E-state index in [0.717, 1.165) is 21.6 Å². The summed E-state index contributed by atoms with van der Waals surface area (Å²) in [6, 6.07) is 10.9. The normalized spacial score (nSPS) is 11.0. The van der Waals surface area contributed by atoms with Crippen molar-refractivity contribution in [3.05, 3.63) is 64.9 Å². The van der Waals surface area contributed by atoms with Crippen LogP contribution in [0.2, 0.25) is 5.02 Å². The zero-order chi connectivity index (χ0) is 17.4. The number of aromatic nitrogens is 3. The highest BCUT2D eigenvalue weighted by molar-refractivity contribution is 7.13. The van der Waals surface area contributed by atoms with E-state index in [1.165, 1.54) is 11.3 Å². The van der Waals surface area contributed by atoms with E-state index in [9.17, 15) is 4.79 Å². The molecule has 0 saturated heterocycles. The fraction of sp³-hybridized carbons (Fsp3) is 0.0556. The number of thiazole rings is 1. The topological polar surface area (TPSA) is 59.8 Å². The predicted molar refractivity (Wildman–Crippen MR) is 101 cm³/mol. The minimum atomic E-state index is -0.247. The Morgan fingerprint density at radius 1 is 1.24 bits per heavy atom. The number of carbonyl (C=O) groups excluding carboxylic acids is 1. The average Bonchev–Trinajstić information content (AvgIpc) is 3.23. The molecule has 3 heterocycles. The lowest BCUT2D eigenvalue weighted by atomic mass is 10.2. The molecule has 0 aliphatic rings. The number of benzene rings is 1. The Morgan fingerprint density at radius 3 is 2.84 bits per heavy atom. The molecule has 0 bridgehead atoms. The second-order valence-electron chi connectivity index (χ2n) is 5.53. The van der Waals surface area contributed by atoms with E-state index < -0.39 is 0 Å². The van der Waals surface area contributed by atoms with E-state index in [2.05, 4.69) is 15.3 Å². The number of pyridine rings is 1. The van der Waals surface area contributed by atoms with Crippen LogP contribution in [0.15, 0.2) is 54.2 Å². The first-order valence-corrected chi connectivity index (χ1v) is 8.80. The molecular weight excluding hydrogens is 356 g/mol. The molecule has 0 aliphatic heterocycles. The van der Waals surface area contributed by atoms with Crippen LogP contribution in [0.1, 0.15) is 10.5 Å². The van der Waals surface area contributed by atoms with Gasteiger partial charge in [-0.05, 0) is 36.4 Å². The maximum Gasteiger partial charge on any atom is 0.275 e. The summed E-state index contributed by atoms with van der Waals surface area (Å²) in [5.74, 6) is -0.247. The lowest BCUT2D eigenvalue weighted by Crippen LogP contribution is -2.12. The minimum absolute atomic E-state index is 0.247. The second kappa shape index (κ2) is 6.31. The van der Waals surface area contributed by atoms with Crippen LogP contribution in [0.5, 0.6) is 0 Å². The van der Waals surface area contributed by atoms with E-state index in [0.29, 0.717) is 16.4 Å². The number of carbonyl (C=O) groups is 1. The van der Waals surface area contributed by atoms with Gasteiger partial charge in [0.05, 0.1) is 0 Å². The Kier molecular flexibility index (Phi) is 3.99. The van der Waals surface area contributed by atoms with Crippen LogP contribution in [0.4, 0.5) is 5.69 Å². The zero-order valence-electron chi connectivity index (χ0n) is 13.2. The van der Waals surface area contributed by atoms with Crippen LogP contribution >= 0.6 is 22.9 Å². The predicted octanol–water partition coefficient (Wildman–Crippen LogP) is 4.60. The average molecular weight is 369 g/mol. The minimum Gasteiger partial charge on any atom is -0.335 e. The molecule has 0 spiro atoms. The van der Waals surface area contributed by atoms with Gasteiger partial charge in [0, 0.05) is 46.5 Å². The van der Waals surface area contributed by atoms with Crippen molar-refractivity contribution in [2.24, 2.45) is 7.05 Å². The van der Waals surface area contributed by atoms with Gasteiger partial charge in [0.15, 0.2) is 0 Å². The lowest BCUT2D eigenvalue weighted by Gasteiger charge is -2.02. The van der Waals surface area contributed by atoms with Crippen LogP contribution in [0.25, 0.3) is 21.6 Å². The SMILES string of the molecule is Cn1cc(-c2nc(C(=O)Nc3ccc(Cl)cc3)cs2)c2cccnc21. The summed E-state index contributed by atoms with van der Waals surface area (Å²) < 4.78 is 1.96. The Morgan fingerprint density at radius 2 is 2.04 bits per heavy atom. The van der Waals surface area contributed by atoms with Gasteiger partial charge in [0.25, 0.3) is 5.91 Å². The zero-order valence-corrected chi connectivity index (χ0v) is 14.8. The summed E-state index contributed by atoms with van der Waals surface area (Å²) in [5, 5.41) is 7.01. The Balaban J connectivity index is 1.63. The third kappa shape index (κ3) is 3.01. The molecule has 1 N–H and O–H groups in total. The van der Waals surface area contributed by atoms with Gasteiger partial charge in [0.1, 0.15) is 16.3 Å². The standard InChI is InChI=1S/C18H13ClN4OS/c1-23-9-14(13-3-2-8-20-16(13)23)18-22-15(10-25-18)17(24)21-12-6-4-11(19)5-7-12/h2-10H,1H3,(H,21,24). The first kappa shape index (κ1) is 15.8. The number of amides is 1. The van der Waals surface area contributed by atoms with Crippen LogP contribution in [0.3, 0.4) is 0 Å². The van der Waals surface area contributed by atoms with Gasteiger partial charge in [-0.2, -0.15) is 0 Å². The molecule has 0 radical (unpaired) electrons. The van der Waals surface area contributed by atoms with Crippen molar-refractivity contribution < 1.29 is 4.79 Å². The highest BCUT2D eigenvalue weighted by Gasteiger charge is 2.16. The number of anilines is 1. The summed E-state index contributed by atoms with van der Waals surface area (Å²) in [6.45, 7) is 0. The Labute approximate surface area is 152 Å². The number of fused-ring (bicyclic) bond motifs is 1. The van der Waals surface area contributed by atoms with E-state index in [1.54, 1.807) is 35.8 Å². The van der Waals surface area contributed by atoms with Crippen molar-refractivity contribution in [3.8, 4) is 10.6 Å². The third-order valence-corrected chi connectivity index (χ3v) is 4.93. The fourth-order valence-corrected chi connectivity index (χ4v) is 3.56. The quantitative estimate of drug-likeness (QED) is 0.574. The molecule has 1 amide bonds. The Bertz CT molecular complexity index is 1070. The van der Waals surface area contributed by atoms with Crippen LogP contribution < -0.4 is 5.32 Å². The Hall–Kier alpha value is -2.70. The number of halogens is 1. The molecule has 0 atom stereocenters. The summed E-state index contributed by atoms with van der Waals surface area (Å²) >= 11 is 7.29. The molecule has 1 aromatic carbocycles. The molecule has 0 unspecified atom stereocenters. The lowest BCUT2D eigenvalue weighted by molar-refractivity contribution is 0.102. The van der Waals surface area contributed by atoms with Crippen LogP contribution in [-0.2, 0) is 7.05 Å². The summed E-state index contributed by atoms with van der Waals surface area (Å²) in [7, 11) is 1.95. The molecule has 0 saturated carbocycles. The molecule has 0 aliphatic carbocycles. The van der Waals surface area contributed by atoms with E-state index in [-0.39, 0.29) is 5.91 Å². The van der Waals surface area contributed by atoms with E-state index >= 15 is 0 Å². The fourth-order valence-electron chi connectivity index (χ4n) is 2.61. The van der Waals surface area contributed by atoms with Crippen molar-refractivity contribution >= 4 is 45.6 Å². The number of nitrogens with zero attached hydrogens (tertiary/aromatic N) is 3. The van der Waals surface area contributed by atoms with Crippen molar-refractivity contribution in [2.75, 3.05) is 5.32 Å². The number of nitrogens with one attached hydrogen (secondary N) is 1. The van der Waals surface area contributed by atoms with Crippen LogP contribution in [-0.4, -0.2) is 20.4 Å². The number of rotatable bonds is 3. The highest BCUT2D eigenvalue weighted by atomic mass is 35.5. The largest absolute Gasteiger partial charge is 0.335 e. The van der Waals surface area contributed by atoms with Gasteiger partial charge in [-0.3, -0.25) is 4.79 Å². The molecule has 4 rings (SSSR count). The van der Waals surface area contributed by atoms with Gasteiger partial charge in [-0.25, -0.2) is 9.97 Å². The second-order valence-corrected chi connectivity index (χ2v) is 6.82. The van der Waals surface area contributed by atoms with Crippen LogP contribution in [0, 0.1) is 0 Å². The summed E-state index contributed by atoms with van der Waals surface area (Å²) in [4.78, 5) is 21.3. The first-order chi connectivity index (χ1) is 12.1. The van der Waals surface area contributed by atoms with Crippen molar-refractivity contribution in [3.63, 3.8) is 0 Å². The molecule has 3 aromatic heterocycles. The van der Waals surface area contributed by atoms with Gasteiger partial charge < -0.3 is 9.88 Å². The summed E-state index contributed by atoms with van der Waals surface area (Å²) in [5.41, 5.74) is 2.93. The third-order valence-electron chi connectivity index (χ3n) is 3.80. The molecule has 4 aromatic rings. The monoisotopic (exact) mass is 368 g/mol. The summed E-state index contributed by atoms with van der Waals surface area (Å²) in [6.07, 6.45) is 3.75. The molecule has 124 valence electrons. The number of aryl methyl sites for hydroxylation is 1. The van der Waals surface area contributed by atoms with Gasteiger partial charge in [0.2, 0.25) is 0 Å². The van der Waals surface area contributed by atoms with Crippen molar-refractivity contribution in [1.29, 1.82) is 0 Å².